The number of hydrogen-bond donors (Lipinski definition) is 0. The zero-order valence-electron chi connectivity index (χ0n) is 18.3. The summed E-state index contributed by atoms with van der Waals surface area (Å²) in [5, 5.41) is 5.30. The van der Waals surface area contributed by atoms with E-state index in [1.54, 1.807) is 27.7 Å². The van der Waals surface area contributed by atoms with Crippen molar-refractivity contribution in [1.29, 1.82) is 0 Å². The molecule has 0 fully saturated rings. The van der Waals surface area contributed by atoms with Crippen LogP contribution >= 0.6 is 15.9 Å². The molecule has 1 aromatic carbocycles. The Morgan fingerprint density at radius 2 is 1.60 bits per heavy atom. The number of carbonyl (C=O) groups excluding carboxylic acids is 2. The van der Waals surface area contributed by atoms with E-state index in [1.165, 1.54) is 0 Å². The molecule has 8 heteroatoms. The first-order valence-corrected chi connectivity index (χ1v) is 10.7. The molecule has 0 aromatic heterocycles. The van der Waals surface area contributed by atoms with Gasteiger partial charge in [0.25, 0.3) is 0 Å². The van der Waals surface area contributed by atoms with Gasteiger partial charge in [0.05, 0.1) is 24.0 Å². The topological polar surface area (TPSA) is 77.4 Å². The molecule has 0 spiro atoms. The smallest absolute Gasteiger partial charge is 0.435 e. The summed E-state index contributed by atoms with van der Waals surface area (Å²) in [5.41, 5.74) is -0.519. The highest BCUT2D eigenvalue weighted by Crippen LogP contribution is 2.43. The lowest BCUT2D eigenvalue weighted by Gasteiger charge is -2.31. The normalized spacial score (nSPS) is 18.8. The Morgan fingerprint density at radius 1 is 1.03 bits per heavy atom. The van der Waals surface area contributed by atoms with Crippen molar-refractivity contribution < 1.29 is 23.8 Å². The molecule has 0 saturated heterocycles. The molecular formula is C22H29BrN2O5. The minimum atomic E-state index is -1.49. The molecule has 1 atom stereocenters. The minimum Gasteiger partial charge on any atom is -0.476 e. The molecule has 0 radical (unpaired) electrons. The second-order valence-corrected chi connectivity index (χ2v) is 8.84. The van der Waals surface area contributed by atoms with Crippen LogP contribution < -0.4 is 0 Å². The highest BCUT2D eigenvalue weighted by Gasteiger charge is 2.58. The van der Waals surface area contributed by atoms with Gasteiger partial charge in [-0.2, -0.15) is 5.01 Å². The van der Waals surface area contributed by atoms with E-state index in [-0.39, 0.29) is 36.3 Å². The monoisotopic (exact) mass is 480 g/mol. The fourth-order valence-electron chi connectivity index (χ4n) is 2.97. The third-order valence-electron chi connectivity index (χ3n) is 4.23. The number of halogens is 1. The maximum absolute atomic E-state index is 13.4. The quantitative estimate of drug-likeness (QED) is 0.532. The van der Waals surface area contributed by atoms with E-state index in [2.05, 4.69) is 27.6 Å². The fraction of sp³-hybridized carbons (Fsp3) is 0.500. The van der Waals surface area contributed by atoms with E-state index < -0.39 is 17.5 Å². The first-order chi connectivity index (χ1) is 14.0. The number of esters is 1. The van der Waals surface area contributed by atoms with E-state index in [9.17, 15) is 9.59 Å². The molecule has 2 rings (SSSR count). The zero-order valence-corrected chi connectivity index (χ0v) is 19.9. The summed E-state index contributed by atoms with van der Waals surface area (Å²) >= 11 is 3.41. The predicted molar refractivity (Wildman–Crippen MR) is 118 cm³/mol. The van der Waals surface area contributed by atoms with E-state index in [4.69, 9.17) is 14.2 Å². The van der Waals surface area contributed by atoms with Crippen LogP contribution in [0.5, 0.6) is 0 Å². The Labute approximate surface area is 186 Å². The van der Waals surface area contributed by atoms with Gasteiger partial charge in [0.15, 0.2) is 5.41 Å². The predicted octanol–water partition coefficient (Wildman–Crippen LogP) is 5.04. The molecule has 0 aliphatic carbocycles. The average Bonchev–Trinajstić information content (AvgIpc) is 2.88. The standard InChI is InChI=1S/C22H29BrN2O5/c1-13(2)28-19-22(20(26)29-14(3)4,12-17-8-10-18(23)11-9-17)16(7)25(24-19)21(27)30-15(5)6/h8-11,13-15H,7,12H2,1-6H3. The molecule has 1 aliphatic heterocycles. The van der Waals surface area contributed by atoms with Gasteiger partial charge in [0.2, 0.25) is 5.90 Å². The molecule has 1 amide bonds. The molecule has 1 aliphatic rings. The van der Waals surface area contributed by atoms with Crippen LogP contribution in [0.2, 0.25) is 0 Å². The summed E-state index contributed by atoms with van der Waals surface area (Å²) < 4.78 is 17.7. The van der Waals surface area contributed by atoms with Crippen molar-refractivity contribution in [2.45, 2.75) is 66.3 Å². The Hall–Kier alpha value is -2.35. The summed E-state index contributed by atoms with van der Waals surface area (Å²) in [6.45, 7) is 14.6. The Bertz CT molecular complexity index is 832. The van der Waals surface area contributed by atoms with Crippen molar-refractivity contribution >= 4 is 33.9 Å². The summed E-state index contributed by atoms with van der Waals surface area (Å²) in [6, 6.07) is 7.51. The van der Waals surface area contributed by atoms with E-state index in [0.29, 0.717) is 0 Å². The first kappa shape index (κ1) is 23.9. The largest absolute Gasteiger partial charge is 0.476 e. The van der Waals surface area contributed by atoms with Crippen molar-refractivity contribution in [1.82, 2.24) is 5.01 Å². The van der Waals surface area contributed by atoms with Crippen molar-refractivity contribution in [3.63, 3.8) is 0 Å². The molecule has 1 aromatic rings. The van der Waals surface area contributed by atoms with Gasteiger partial charge < -0.3 is 14.2 Å². The van der Waals surface area contributed by atoms with Crippen LogP contribution in [-0.4, -0.2) is 41.3 Å². The SMILES string of the molecule is C=C1N(C(=O)OC(C)C)N=C(OC(C)C)C1(Cc1ccc(Br)cc1)C(=O)OC(C)C. The number of rotatable bonds is 6. The average molecular weight is 481 g/mol. The number of hydrazone groups is 1. The van der Waals surface area contributed by atoms with Gasteiger partial charge in [-0.05, 0) is 59.2 Å². The molecule has 0 N–H and O–H groups in total. The minimum absolute atomic E-state index is 0.0665. The molecule has 0 saturated carbocycles. The number of nitrogens with zero attached hydrogens (tertiary/aromatic N) is 2. The van der Waals surface area contributed by atoms with Gasteiger partial charge in [-0.3, -0.25) is 4.79 Å². The number of amides is 1. The van der Waals surface area contributed by atoms with Gasteiger partial charge in [0.1, 0.15) is 0 Å². The summed E-state index contributed by atoms with van der Waals surface area (Å²) in [6.07, 6.45) is -1.58. The number of carbonyl (C=O) groups is 2. The third-order valence-corrected chi connectivity index (χ3v) is 4.76. The highest BCUT2D eigenvalue weighted by atomic mass is 79.9. The summed E-state index contributed by atoms with van der Waals surface area (Å²) in [5.74, 6) is -0.513. The van der Waals surface area contributed by atoms with Gasteiger partial charge in [-0.15, -0.1) is 5.10 Å². The summed E-state index contributed by atoms with van der Waals surface area (Å²) in [4.78, 5) is 26.1. The zero-order chi connectivity index (χ0) is 22.6. The number of ether oxygens (including phenoxy) is 3. The van der Waals surface area contributed by atoms with Crippen LogP contribution in [0.1, 0.15) is 47.1 Å². The molecule has 30 heavy (non-hydrogen) atoms. The molecule has 1 heterocycles. The number of benzene rings is 1. The molecule has 164 valence electrons. The lowest BCUT2D eigenvalue weighted by Crippen LogP contribution is -2.46. The first-order valence-electron chi connectivity index (χ1n) is 9.88. The second-order valence-electron chi connectivity index (χ2n) is 7.93. The van der Waals surface area contributed by atoms with E-state index >= 15 is 0 Å². The van der Waals surface area contributed by atoms with Crippen molar-refractivity contribution in [3.05, 3.63) is 46.6 Å². The molecule has 0 bridgehead atoms. The van der Waals surface area contributed by atoms with Gasteiger partial charge in [0, 0.05) is 10.9 Å². The maximum Gasteiger partial charge on any atom is 0.435 e. The van der Waals surface area contributed by atoms with Crippen molar-refractivity contribution in [3.8, 4) is 0 Å². The Kier molecular flexibility index (Phi) is 7.69. The second kappa shape index (κ2) is 9.64. The molecule has 1 unspecified atom stereocenters. The maximum atomic E-state index is 13.4. The van der Waals surface area contributed by atoms with Crippen LogP contribution in [0.3, 0.4) is 0 Å². The summed E-state index contributed by atoms with van der Waals surface area (Å²) in [7, 11) is 0. The van der Waals surface area contributed by atoms with Gasteiger partial charge >= 0.3 is 12.1 Å². The highest BCUT2D eigenvalue weighted by molar-refractivity contribution is 9.10. The van der Waals surface area contributed by atoms with Crippen LogP contribution in [0.4, 0.5) is 4.79 Å². The van der Waals surface area contributed by atoms with Crippen LogP contribution in [0, 0.1) is 5.41 Å². The van der Waals surface area contributed by atoms with Gasteiger partial charge in [-0.25, -0.2) is 4.79 Å². The lowest BCUT2D eigenvalue weighted by atomic mass is 9.79. The van der Waals surface area contributed by atoms with Crippen LogP contribution in [0.15, 0.2) is 46.1 Å². The van der Waals surface area contributed by atoms with Crippen LogP contribution in [0.25, 0.3) is 0 Å². The lowest BCUT2D eigenvalue weighted by molar-refractivity contribution is -0.154. The van der Waals surface area contributed by atoms with E-state index in [1.807, 2.05) is 38.1 Å². The Morgan fingerprint density at radius 3 is 2.10 bits per heavy atom. The van der Waals surface area contributed by atoms with Gasteiger partial charge in [-0.1, -0.05) is 34.6 Å². The van der Waals surface area contributed by atoms with Crippen molar-refractivity contribution in [2.24, 2.45) is 10.5 Å². The van der Waals surface area contributed by atoms with Crippen LogP contribution in [-0.2, 0) is 25.4 Å². The van der Waals surface area contributed by atoms with Crippen molar-refractivity contribution in [2.75, 3.05) is 0 Å². The van der Waals surface area contributed by atoms with E-state index in [0.717, 1.165) is 15.0 Å². The molecular weight excluding hydrogens is 452 g/mol. The number of hydrogen-bond acceptors (Lipinski definition) is 6. The third kappa shape index (κ3) is 5.22. The molecule has 7 nitrogen and oxygen atoms in total. The Balaban J connectivity index is 2.58. The fourth-order valence-corrected chi connectivity index (χ4v) is 3.23.